The second-order valence-electron chi connectivity index (χ2n) is 3.81. The summed E-state index contributed by atoms with van der Waals surface area (Å²) in [6.07, 6.45) is 0. The van der Waals surface area contributed by atoms with Gasteiger partial charge in [-0.2, -0.15) is 0 Å². The zero-order chi connectivity index (χ0) is 11.4. The van der Waals surface area contributed by atoms with Gasteiger partial charge in [0.15, 0.2) is 0 Å². The summed E-state index contributed by atoms with van der Waals surface area (Å²) >= 11 is 0. The molecule has 0 N–H and O–H groups in total. The number of carbonyl (C=O) groups is 1. The van der Waals surface area contributed by atoms with Gasteiger partial charge in [-0.25, -0.2) is 4.39 Å². The maximum Gasteiger partial charge on any atom is 0.143 e. The molecule has 1 aromatic rings. The lowest BCUT2D eigenvalue weighted by atomic mass is 10.1. The molecule has 1 rings (SSSR count). The summed E-state index contributed by atoms with van der Waals surface area (Å²) in [6, 6.07) is 6.56. The highest BCUT2D eigenvalue weighted by molar-refractivity contribution is 5.77. The highest BCUT2D eigenvalue weighted by Crippen LogP contribution is 2.20. The normalized spacial score (nSPS) is 12.9. The van der Waals surface area contributed by atoms with Gasteiger partial charge in [0.1, 0.15) is 11.6 Å². The van der Waals surface area contributed by atoms with E-state index in [0.29, 0.717) is 12.1 Å². The summed E-state index contributed by atoms with van der Waals surface area (Å²) in [4.78, 5) is 12.8. The van der Waals surface area contributed by atoms with Crippen LogP contribution in [0.25, 0.3) is 0 Å². The first-order chi connectivity index (χ1) is 7.02. The van der Waals surface area contributed by atoms with Gasteiger partial charge < -0.3 is 0 Å². The highest BCUT2D eigenvalue weighted by atomic mass is 19.1. The molecular weight excluding hydrogens is 193 g/mol. The summed E-state index contributed by atoms with van der Waals surface area (Å²) < 4.78 is 13.4. The predicted octanol–water partition coefficient (Wildman–Crippen LogP) is 2.41. The molecule has 0 saturated heterocycles. The fourth-order valence-electron chi connectivity index (χ4n) is 1.54. The zero-order valence-electron chi connectivity index (χ0n) is 9.33. The van der Waals surface area contributed by atoms with Crippen molar-refractivity contribution in [3.05, 3.63) is 35.6 Å². The summed E-state index contributed by atoms with van der Waals surface area (Å²) in [6.45, 7) is 3.77. The molecule has 15 heavy (non-hydrogen) atoms. The molecule has 0 spiro atoms. The standard InChI is InChI=1S/C12H16FNO/c1-9(15)8-14(3)10(2)11-6-4-5-7-12(11)13/h4-7,10H,8H2,1-3H3. The van der Waals surface area contributed by atoms with Gasteiger partial charge >= 0.3 is 0 Å². The van der Waals surface area contributed by atoms with E-state index in [1.54, 1.807) is 18.2 Å². The van der Waals surface area contributed by atoms with Crippen molar-refractivity contribution in [1.82, 2.24) is 4.90 Å². The van der Waals surface area contributed by atoms with Crippen LogP contribution in [0.2, 0.25) is 0 Å². The van der Waals surface area contributed by atoms with Crippen LogP contribution in [0, 0.1) is 5.82 Å². The quantitative estimate of drug-likeness (QED) is 0.759. The summed E-state index contributed by atoms with van der Waals surface area (Å²) in [7, 11) is 1.82. The number of benzene rings is 1. The van der Waals surface area contributed by atoms with Crippen molar-refractivity contribution < 1.29 is 9.18 Å². The number of likely N-dealkylation sites (N-methyl/N-ethyl adjacent to an activating group) is 1. The van der Waals surface area contributed by atoms with Crippen LogP contribution in [0.4, 0.5) is 4.39 Å². The lowest BCUT2D eigenvalue weighted by Gasteiger charge is -2.24. The van der Waals surface area contributed by atoms with Crippen molar-refractivity contribution in [2.75, 3.05) is 13.6 Å². The summed E-state index contributed by atoms with van der Waals surface area (Å²) in [5.41, 5.74) is 0.626. The second kappa shape index (κ2) is 5.03. The molecule has 0 amide bonds. The molecule has 0 fully saturated rings. The van der Waals surface area contributed by atoms with Crippen LogP contribution in [0.5, 0.6) is 0 Å². The van der Waals surface area contributed by atoms with E-state index < -0.39 is 0 Å². The average molecular weight is 209 g/mol. The molecule has 0 aliphatic carbocycles. The molecule has 1 aromatic carbocycles. The van der Waals surface area contributed by atoms with Gasteiger partial charge in [0.25, 0.3) is 0 Å². The number of carbonyl (C=O) groups excluding carboxylic acids is 1. The lowest BCUT2D eigenvalue weighted by Crippen LogP contribution is -2.28. The highest BCUT2D eigenvalue weighted by Gasteiger charge is 2.15. The van der Waals surface area contributed by atoms with E-state index >= 15 is 0 Å². The predicted molar refractivity (Wildman–Crippen MR) is 58.1 cm³/mol. The van der Waals surface area contributed by atoms with Crippen LogP contribution >= 0.6 is 0 Å². The van der Waals surface area contributed by atoms with Crippen LogP contribution < -0.4 is 0 Å². The molecule has 0 aliphatic rings. The summed E-state index contributed by atoms with van der Waals surface area (Å²) in [5.74, 6) is -0.138. The molecule has 0 saturated carbocycles. The fraction of sp³-hybridized carbons (Fsp3) is 0.417. The number of hydrogen-bond acceptors (Lipinski definition) is 2. The Bertz CT molecular complexity index is 351. The Balaban J connectivity index is 2.80. The topological polar surface area (TPSA) is 20.3 Å². The van der Waals surface area contributed by atoms with E-state index in [1.165, 1.54) is 13.0 Å². The number of ketones is 1. The van der Waals surface area contributed by atoms with E-state index in [-0.39, 0.29) is 17.6 Å². The molecule has 82 valence electrons. The van der Waals surface area contributed by atoms with Crippen molar-refractivity contribution in [2.24, 2.45) is 0 Å². The first-order valence-electron chi connectivity index (χ1n) is 4.96. The van der Waals surface area contributed by atoms with Crippen molar-refractivity contribution in [3.63, 3.8) is 0 Å². The van der Waals surface area contributed by atoms with E-state index in [4.69, 9.17) is 0 Å². The Morgan fingerprint density at radius 1 is 1.47 bits per heavy atom. The maximum absolute atomic E-state index is 13.4. The Morgan fingerprint density at radius 3 is 2.60 bits per heavy atom. The van der Waals surface area contributed by atoms with Crippen LogP contribution in [0.1, 0.15) is 25.5 Å². The van der Waals surface area contributed by atoms with Gasteiger partial charge in [-0.15, -0.1) is 0 Å². The smallest absolute Gasteiger partial charge is 0.143 e. The van der Waals surface area contributed by atoms with Gasteiger partial charge in [-0.05, 0) is 27.0 Å². The van der Waals surface area contributed by atoms with Gasteiger partial charge in [0.05, 0.1) is 6.54 Å². The minimum absolute atomic E-state index is 0.0840. The monoisotopic (exact) mass is 209 g/mol. The van der Waals surface area contributed by atoms with Crippen LogP contribution in [-0.2, 0) is 4.79 Å². The number of Topliss-reactive ketones (excluding diaryl/α,β-unsaturated/α-hetero) is 1. The minimum atomic E-state index is -0.222. The van der Waals surface area contributed by atoms with Gasteiger partial charge in [-0.3, -0.25) is 9.69 Å². The largest absolute Gasteiger partial charge is 0.299 e. The van der Waals surface area contributed by atoms with E-state index in [9.17, 15) is 9.18 Å². The Labute approximate surface area is 89.7 Å². The van der Waals surface area contributed by atoms with Crippen molar-refractivity contribution in [3.8, 4) is 0 Å². The number of hydrogen-bond donors (Lipinski definition) is 0. The van der Waals surface area contributed by atoms with Gasteiger partial charge in [0.2, 0.25) is 0 Å². The third-order valence-electron chi connectivity index (χ3n) is 2.49. The van der Waals surface area contributed by atoms with Crippen LogP contribution in [-0.4, -0.2) is 24.3 Å². The van der Waals surface area contributed by atoms with E-state index in [0.717, 1.165) is 0 Å². The zero-order valence-corrected chi connectivity index (χ0v) is 9.33. The minimum Gasteiger partial charge on any atom is -0.299 e. The molecule has 0 bridgehead atoms. The van der Waals surface area contributed by atoms with Gasteiger partial charge in [0, 0.05) is 11.6 Å². The van der Waals surface area contributed by atoms with Crippen LogP contribution in [0.3, 0.4) is 0 Å². The molecule has 1 unspecified atom stereocenters. The molecular formula is C12H16FNO. The number of halogens is 1. The number of nitrogens with zero attached hydrogens (tertiary/aromatic N) is 1. The molecule has 2 nitrogen and oxygen atoms in total. The van der Waals surface area contributed by atoms with Gasteiger partial charge in [-0.1, -0.05) is 18.2 Å². The van der Waals surface area contributed by atoms with E-state index in [1.807, 2.05) is 18.9 Å². The Hall–Kier alpha value is -1.22. The maximum atomic E-state index is 13.4. The molecule has 0 radical (unpaired) electrons. The van der Waals surface area contributed by atoms with Crippen LogP contribution in [0.15, 0.2) is 24.3 Å². The SMILES string of the molecule is CC(=O)CN(C)C(C)c1ccccc1F. The fourth-order valence-corrected chi connectivity index (χ4v) is 1.54. The molecule has 1 atom stereocenters. The number of rotatable bonds is 4. The molecule has 3 heteroatoms. The van der Waals surface area contributed by atoms with Crippen molar-refractivity contribution >= 4 is 5.78 Å². The average Bonchev–Trinajstić information content (AvgIpc) is 2.16. The first-order valence-corrected chi connectivity index (χ1v) is 4.96. The third kappa shape index (κ3) is 3.13. The van der Waals surface area contributed by atoms with Crippen molar-refractivity contribution in [2.45, 2.75) is 19.9 Å². The molecule has 0 aliphatic heterocycles. The Morgan fingerprint density at radius 2 is 2.07 bits per heavy atom. The summed E-state index contributed by atoms with van der Waals surface area (Å²) in [5, 5.41) is 0. The van der Waals surface area contributed by atoms with Crippen molar-refractivity contribution in [1.29, 1.82) is 0 Å². The molecule has 0 aromatic heterocycles. The lowest BCUT2D eigenvalue weighted by molar-refractivity contribution is -0.118. The van der Waals surface area contributed by atoms with E-state index in [2.05, 4.69) is 0 Å². The Kier molecular flexibility index (Phi) is 3.97. The first kappa shape index (κ1) is 11.9. The third-order valence-corrected chi connectivity index (χ3v) is 2.49. The second-order valence-corrected chi connectivity index (χ2v) is 3.81. The molecule has 0 heterocycles.